The number of carbonyl (C=O) groups excluding carboxylic acids is 2. The Morgan fingerprint density at radius 1 is 0.764 bits per heavy atom. The molecule has 280 valence electrons. The van der Waals surface area contributed by atoms with Crippen molar-refractivity contribution in [3.05, 3.63) is 155 Å². The molecule has 2 amide bonds. The summed E-state index contributed by atoms with van der Waals surface area (Å²) in [6.07, 6.45) is 6.41. The zero-order valence-electron chi connectivity index (χ0n) is 30.1. The summed E-state index contributed by atoms with van der Waals surface area (Å²) in [5.74, 6) is 0.287. The number of guanidine groups is 2. The maximum atomic E-state index is 13.8. The number of nitrogens with two attached hydrogens (primary N) is 2. The Morgan fingerprint density at radius 3 is 1.98 bits per heavy atom. The van der Waals surface area contributed by atoms with Crippen LogP contribution in [0, 0.1) is 5.92 Å². The SMILES string of the molecule is CN1C(=O)[C@](c2cccc(-c3cncc(Cl)c3)c2)(C2CC2)N=C1N.CS(=O)(=O)Nc1cccc(CN2C(=O)C(c3ccccc3)(c3ccccc3)N=C2N)c1. The second-order valence-corrected chi connectivity index (χ2v) is 15.9. The van der Waals surface area contributed by atoms with Gasteiger partial charge in [0.1, 0.15) is 0 Å². The second kappa shape index (κ2) is 14.6. The van der Waals surface area contributed by atoms with Crippen molar-refractivity contribution in [3.8, 4) is 11.1 Å². The Morgan fingerprint density at radius 2 is 1.40 bits per heavy atom. The summed E-state index contributed by atoms with van der Waals surface area (Å²) in [6, 6.07) is 35.2. The van der Waals surface area contributed by atoms with Gasteiger partial charge >= 0.3 is 0 Å². The summed E-state index contributed by atoms with van der Waals surface area (Å²) in [5.41, 5.74) is 15.4. The predicted molar refractivity (Wildman–Crippen MR) is 214 cm³/mol. The molecule has 1 aliphatic carbocycles. The van der Waals surface area contributed by atoms with Crippen molar-refractivity contribution in [2.75, 3.05) is 18.0 Å². The van der Waals surface area contributed by atoms with E-state index in [0.29, 0.717) is 10.7 Å². The molecule has 12 nitrogen and oxygen atoms in total. The van der Waals surface area contributed by atoms with Crippen molar-refractivity contribution >= 4 is 51.0 Å². The van der Waals surface area contributed by atoms with Crippen molar-refractivity contribution in [1.82, 2.24) is 14.8 Å². The fourth-order valence-corrected chi connectivity index (χ4v) is 7.85. The topological polar surface area (TPSA) is 176 Å². The van der Waals surface area contributed by atoms with Crippen LogP contribution in [-0.4, -0.2) is 60.2 Å². The fraction of sp³-hybridized carbons (Fsp3) is 0.195. The van der Waals surface area contributed by atoms with Crippen LogP contribution in [-0.2, 0) is 37.2 Å². The zero-order valence-corrected chi connectivity index (χ0v) is 31.7. The highest BCUT2D eigenvalue weighted by Crippen LogP contribution is 2.51. The maximum Gasteiger partial charge on any atom is 0.266 e. The molecule has 8 rings (SSSR count). The molecular formula is C41H39ClN8O4S. The second-order valence-electron chi connectivity index (χ2n) is 13.7. The third-order valence-electron chi connectivity index (χ3n) is 9.84. The third-order valence-corrected chi connectivity index (χ3v) is 10.7. The molecule has 5 N–H and O–H groups in total. The first-order valence-electron chi connectivity index (χ1n) is 17.5. The van der Waals surface area contributed by atoms with E-state index < -0.39 is 21.1 Å². The van der Waals surface area contributed by atoms with Crippen LogP contribution in [0.25, 0.3) is 11.1 Å². The summed E-state index contributed by atoms with van der Waals surface area (Å²) in [7, 11) is -1.74. The highest BCUT2D eigenvalue weighted by atomic mass is 35.5. The number of halogens is 1. The molecule has 0 saturated heterocycles. The smallest absolute Gasteiger partial charge is 0.266 e. The number of nitrogens with one attached hydrogen (secondary N) is 1. The van der Waals surface area contributed by atoms with E-state index in [-0.39, 0.29) is 36.2 Å². The molecule has 55 heavy (non-hydrogen) atoms. The predicted octanol–water partition coefficient (Wildman–Crippen LogP) is 5.45. The Bertz CT molecular complexity index is 2400. The summed E-state index contributed by atoms with van der Waals surface area (Å²) in [6.45, 7) is 0.162. The number of pyridine rings is 1. The lowest BCUT2D eigenvalue weighted by atomic mass is 9.83. The number of aromatic nitrogens is 1. The molecule has 5 aromatic rings. The van der Waals surface area contributed by atoms with Gasteiger partial charge in [-0.3, -0.25) is 29.1 Å². The number of anilines is 1. The molecular weight excluding hydrogens is 736 g/mol. The van der Waals surface area contributed by atoms with Crippen molar-refractivity contribution < 1.29 is 18.0 Å². The Kier molecular flexibility index (Phi) is 9.93. The molecule has 1 saturated carbocycles. The maximum absolute atomic E-state index is 13.8. The molecule has 3 aliphatic rings. The van der Waals surface area contributed by atoms with E-state index >= 15 is 0 Å². The molecule has 2 aliphatic heterocycles. The number of benzene rings is 4. The Hall–Kier alpha value is -6.05. The van der Waals surface area contributed by atoms with Gasteiger partial charge in [0.15, 0.2) is 23.0 Å². The van der Waals surface area contributed by atoms with Gasteiger partial charge in [-0.05, 0) is 70.8 Å². The third kappa shape index (κ3) is 7.28. The van der Waals surface area contributed by atoms with Crippen LogP contribution in [0.5, 0.6) is 0 Å². The molecule has 0 bridgehead atoms. The number of hydrogen-bond donors (Lipinski definition) is 3. The highest BCUT2D eigenvalue weighted by Gasteiger charge is 2.57. The Labute approximate surface area is 324 Å². The number of nitrogens with zero attached hydrogens (tertiary/aromatic N) is 5. The first-order valence-corrected chi connectivity index (χ1v) is 19.8. The fourth-order valence-electron chi connectivity index (χ4n) is 7.12. The van der Waals surface area contributed by atoms with Crippen LogP contribution < -0.4 is 16.2 Å². The molecule has 3 heterocycles. The summed E-state index contributed by atoms with van der Waals surface area (Å²) in [5, 5.41) is 0.578. The van der Waals surface area contributed by atoms with Gasteiger partial charge < -0.3 is 11.5 Å². The highest BCUT2D eigenvalue weighted by molar-refractivity contribution is 7.92. The van der Waals surface area contributed by atoms with Gasteiger partial charge in [0.25, 0.3) is 11.8 Å². The number of hydrogen-bond acceptors (Lipinski definition) is 9. The number of likely N-dealkylation sites (N-methyl/N-ethyl adjacent to an activating group) is 1. The van der Waals surface area contributed by atoms with E-state index in [4.69, 9.17) is 23.1 Å². The van der Waals surface area contributed by atoms with E-state index in [0.717, 1.165) is 52.5 Å². The van der Waals surface area contributed by atoms with E-state index in [1.807, 2.05) is 91.0 Å². The lowest BCUT2D eigenvalue weighted by molar-refractivity contribution is -0.131. The van der Waals surface area contributed by atoms with Gasteiger partial charge in [-0.15, -0.1) is 0 Å². The minimum Gasteiger partial charge on any atom is -0.369 e. The van der Waals surface area contributed by atoms with Gasteiger partial charge in [-0.2, -0.15) is 0 Å². The molecule has 0 spiro atoms. The molecule has 0 unspecified atom stereocenters. The molecule has 1 atom stereocenters. The van der Waals surface area contributed by atoms with E-state index in [1.165, 1.54) is 9.80 Å². The molecule has 14 heteroatoms. The van der Waals surface area contributed by atoms with Crippen LogP contribution in [0.2, 0.25) is 5.02 Å². The number of rotatable bonds is 9. The lowest BCUT2D eigenvalue weighted by Crippen LogP contribution is -2.43. The van der Waals surface area contributed by atoms with Crippen molar-refractivity contribution in [3.63, 3.8) is 0 Å². The molecule has 1 aromatic heterocycles. The van der Waals surface area contributed by atoms with Crippen LogP contribution >= 0.6 is 11.6 Å². The van der Waals surface area contributed by atoms with Gasteiger partial charge in [0, 0.05) is 30.7 Å². The first-order chi connectivity index (χ1) is 26.3. The first kappa shape index (κ1) is 37.3. The van der Waals surface area contributed by atoms with Gasteiger partial charge in [0.05, 0.1) is 17.8 Å². The van der Waals surface area contributed by atoms with Crippen LogP contribution in [0.4, 0.5) is 5.69 Å². The quantitative estimate of drug-likeness (QED) is 0.178. The van der Waals surface area contributed by atoms with E-state index in [2.05, 4.69) is 19.7 Å². The minimum absolute atomic E-state index is 0.0520. The van der Waals surface area contributed by atoms with Crippen LogP contribution in [0.1, 0.15) is 35.1 Å². The number of sulfonamides is 1. The minimum atomic E-state index is -3.41. The van der Waals surface area contributed by atoms with Crippen molar-refractivity contribution in [2.45, 2.75) is 30.5 Å². The summed E-state index contributed by atoms with van der Waals surface area (Å²) in [4.78, 5) is 43.0. The number of amides is 2. The van der Waals surface area contributed by atoms with E-state index in [1.54, 1.807) is 43.7 Å². The average molecular weight is 775 g/mol. The van der Waals surface area contributed by atoms with Gasteiger partial charge in [0.2, 0.25) is 10.0 Å². The average Bonchev–Trinajstić information content (AvgIpc) is 3.97. The van der Waals surface area contributed by atoms with Gasteiger partial charge in [-0.1, -0.05) is 103 Å². The number of carbonyl (C=O) groups is 2. The van der Waals surface area contributed by atoms with Crippen LogP contribution in [0.15, 0.2) is 138 Å². The lowest BCUT2D eigenvalue weighted by Gasteiger charge is -2.27. The largest absolute Gasteiger partial charge is 0.369 e. The summed E-state index contributed by atoms with van der Waals surface area (Å²) >= 11 is 6.05. The molecule has 1 fully saturated rings. The monoisotopic (exact) mass is 774 g/mol. The van der Waals surface area contributed by atoms with Gasteiger partial charge in [-0.25, -0.2) is 18.4 Å². The van der Waals surface area contributed by atoms with Crippen LogP contribution in [0.3, 0.4) is 0 Å². The van der Waals surface area contributed by atoms with Crippen molar-refractivity contribution in [2.24, 2.45) is 27.4 Å². The number of aliphatic imine (C=N–C) groups is 2. The standard InChI is InChI=1S/C23H22N4O3S.C18H17ClN4O/c1-31(29,30)26-20-14-8-9-17(15-20)16-27-21(28)23(25-22(27)24,18-10-4-2-5-11-18)19-12-6-3-7-13-19;1-23-16(24)18(13-5-6-13,22-17(23)20)14-4-2-3-11(7-14)12-8-15(19)10-21-9-12/h2-15,26H,16H2,1H3,(H2,24,25);2-4,7-10,13H,5-6H2,1H3,(H2,20,22)/t;18-/m.1/s1. The Balaban J connectivity index is 0.000000174. The molecule has 0 radical (unpaired) electrons. The van der Waals surface area contributed by atoms with Crippen molar-refractivity contribution in [1.29, 1.82) is 0 Å². The normalized spacial score (nSPS) is 19.0. The summed E-state index contributed by atoms with van der Waals surface area (Å²) < 4.78 is 25.5. The zero-order chi connectivity index (χ0) is 39.0. The van der Waals surface area contributed by atoms with E-state index in [9.17, 15) is 18.0 Å². The molecule has 4 aromatic carbocycles.